The van der Waals surface area contributed by atoms with Crippen molar-refractivity contribution in [2.75, 3.05) is 13.1 Å². The van der Waals surface area contributed by atoms with Crippen LogP contribution in [0.4, 0.5) is 0 Å². The van der Waals surface area contributed by atoms with Crippen LogP contribution in [0, 0.1) is 5.92 Å². The second-order valence-electron chi connectivity index (χ2n) is 7.38. The SMILES string of the molecule is C[C@H](CC(=O)NC1CCN(C(=O)/C=C/c2cc3ccsc3c(Cl)c2Cl)CC1)C(=O)O. The van der Waals surface area contributed by atoms with Crippen molar-refractivity contribution in [3.8, 4) is 0 Å². The lowest BCUT2D eigenvalue weighted by Crippen LogP contribution is -2.46. The first-order valence-electron chi connectivity index (χ1n) is 9.60. The summed E-state index contributed by atoms with van der Waals surface area (Å²) in [5.41, 5.74) is 0.690. The van der Waals surface area contributed by atoms with E-state index in [1.165, 1.54) is 24.3 Å². The Hall–Kier alpha value is -2.09. The molecule has 160 valence electrons. The Balaban J connectivity index is 1.54. The Morgan fingerprint density at radius 3 is 2.67 bits per heavy atom. The molecule has 0 unspecified atom stereocenters. The molecule has 0 radical (unpaired) electrons. The van der Waals surface area contributed by atoms with Gasteiger partial charge in [-0.05, 0) is 47.4 Å². The minimum atomic E-state index is -0.989. The number of halogens is 2. The first kappa shape index (κ1) is 22.6. The number of piperidine rings is 1. The van der Waals surface area contributed by atoms with E-state index in [0.29, 0.717) is 41.5 Å². The van der Waals surface area contributed by atoms with Gasteiger partial charge in [-0.25, -0.2) is 0 Å². The summed E-state index contributed by atoms with van der Waals surface area (Å²) in [7, 11) is 0. The Bertz CT molecular complexity index is 996. The molecule has 1 fully saturated rings. The lowest BCUT2D eigenvalue weighted by atomic mass is 10.0. The Kier molecular flexibility index (Phi) is 7.39. The van der Waals surface area contributed by atoms with Crippen molar-refractivity contribution >= 4 is 68.5 Å². The third kappa shape index (κ3) is 5.33. The summed E-state index contributed by atoms with van der Waals surface area (Å²) in [5, 5.41) is 15.6. The number of aliphatic carboxylic acids is 1. The summed E-state index contributed by atoms with van der Waals surface area (Å²) >= 11 is 14.2. The summed E-state index contributed by atoms with van der Waals surface area (Å²) in [5.74, 6) is -2.11. The Labute approximate surface area is 188 Å². The summed E-state index contributed by atoms with van der Waals surface area (Å²) in [6.07, 6.45) is 4.37. The van der Waals surface area contributed by atoms with Crippen LogP contribution in [0.2, 0.25) is 10.0 Å². The maximum atomic E-state index is 12.5. The van der Waals surface area contributed by atoms with Gasteiger partial charge < -0.3 is 15.3 Å². The fourth-order valence-corrected chi connectivity index (χ4v) is 4.79. The molecule has 2 N–H and O–H groups in total. The topological polar surface area (TPSA) is 86.7 Å². The molecule has 2 amide bonds. The number of rotatable bonds is 6. The van der Waals surface area contributed by atoms with Crippen LogP contribution in [0.25, 0.3) is 16.2 Å². The molecule has 1 aromatic heterocycles. The van der Waals surface area contributed by atoms with Crippen LogP contribution in [0.5, 0.6) is 0 Å². The van der Waals surface area contributed by atoms with Crippen molar-refractivity contribution < 1.29 is 19.5 Å². The van der Waals surface area contributed by atoms with E-state index >= 15 is 0 Å². The molecule has 1 atom stereocenters. The third-order valence-electron chi connectivity index (χ3n) is 5.14. The van der Waals surface area contributed by atoms with Gasteiger partial charge in [0, 0.05) is 31.6 Å². The van der Waals surface area contributed by atoms with E-state index in [4.69, 9.17) is 28.3 Å². The van der Waals surface area contributed by atoms with Gasteiger partial charge in [0.25, 0.3) is 0 Å². The number of amides is 2. The lowest BCUT2D eigenvalue weighted by molar-refractivity contribution is -0.143. The predicted molar refractivity (Wildman–Crippen MR) is 120 cm³/mol. The standard InChI is InChI=1S/C21H22Cl2N2O4S/c1-12(21(28)29)10-16(26)24-15-4-7-25(8-5-15)17(27)3-2-13-11-14-6-9-30-20(14)19(23)18(13)22/h2-3,6,9,11-12,15H,4-5,7-8,10H2,1H3,(H,24,26)(H,28,29)/b3-2+/t12-/m1/s1. The molecular weight excluding hydrogens is 447 g/mol. The van der Waals surface area contributed by atoms with Crippen molar-refractivity contribution in [2.45, 2.75) is 32.2 Å². The molecule has 1 aliphatic rings. The van der Waals surface area contributed by atoms with Gasteiger partial charge in [-0.1, -0.05) is 30.1 Å². The molecule has 2 aromatic rings. The van der Waals surface area contributed by atoms with Crippen LogP contribution in [0.15, 0.2) is 23.6 Å². The van der Waals surface area contributed by atoms with Crippen molar-refractivity contribution in [1.29, 1.82) is 0 Å². The van der Waals surface area contributed by atoms with E-state index in [1.807, 2.05) is 17.5 Å². The first-order valence-corrected chi connectivity index (χ1v) is 11.2. The van der Waals surface area contributed by atoms with E-state index in [0.717, 1.165) is 10.1 Å². The van der Waals surface area contributed by atoms with E-state index in [2.05, 4.69) is 5.32 Å². The van der Waals surface area contributed by atoms with E-state index < -0.39 is 11.9 Å². The van der Waals surface area contributed by atoms with Gasteiger partial charge in [-0.15, -0.1) is 11.3 Å². The molecule has 3 rings (SSSR count). The van der Waals surface area contributed by atoms with Gasteiger partial charge in [0.1, 0.15) is 0 Å². The maximum Gasteiger partial charge on any atom is 0.306 e. The average molecular weight is 469 g/mol. The van der Waals surface area contributed by atoms with Crippen LogP contribution in [0.3, 0.4) is 0 Å². The summed E-state index contributed by atoms with van der Waals surface area (Å²) < 4.78 is 0.923. The number of hydrogen-bond acceptors (Lipinski definition) is 4. The third-order valence-corrected chi connectivity index (χ3v) is 7.08. The van der Waals surface area contributed by atoms with E-state index in [-0.39, 0.29) is 24.3 Å². The number of hydrogen-bond donors (Lipinski definition) is 2. The lowest BCUT2D eigenvalue weighted by Gasteiger charge is -2.32. The highest BCUT2D eigenvalue weighted by molar-refractivity contribution is 7.18. The highest BCUT2D eigenvalue weighted by atomic mass is 35.5. The van der Waals surface area contributed by atoms with E-state index in [1.54, 1.807) is 11.0 Å². The fourth-order valence-electron chi connectivity index (χ4n) is 3.35. The zero-order chi connectivity index (χ0) is 21.8. The molecule has 6 nitrogen and oxygen atoms in total. The number of carbonyl (C=O) groups is 3. The predicted octanol–water partition coefficient (Wildman–Crippen LogP) is 4.44. The Morgan fingerprint density at radius 2 is 2.00 bits per heavy atom. The van der Waals surface area contributed by atoms with Crippen LogP contribution < -0.4 is 5.32 Å². The number of carboxylic acid groups (broad SMARTS) is 1. The quantitative estimate of drug-likeness (QED) is 0.613. The molecular formula is C21H22Cl2N2O4S. The molecule has 30 heavy (non-hydrogen) atoms. The first-order chi connectivity index (χ1) is 14.3. The monoisotopic (exact) mass is 468 g/mol. The van der Waals surface area contributed by atoms with Gasteiger partial charge in [0.05, 0.1) is 20.7 Å². The number of carbonyl (C=O) groups excluding carboxylic acids is 2. The minimum Gasteiger partial charge on any atom is -0.481 e. The molecule has 9 heteroatoms. The van der Waals surface area contributed by atoms with Gasteiger partial charge in [-0.2, -0.15) is 0 Å². The molecule has 0 saturated carbocycles. The molecule has 0 aliphatic carbocycles. The molecule has 1 saturated heterocycles. The van der Waals surface area contributed by atoms with Crippen molar-refractivity contribution in [2.24, 2.45) is 5.92 Å². The van der Waals surface area contributed by atoms with Crippen molar-refractivity contribution in [3.63, 3.8) is 0 Å². The smallest absolute Gasteiger partial charge is 0.306 e. The average Bonchev–Trinajstić information content (AvgIpc) is 3.18. The number of thiophene rings is 1. The van der Waals surface area contributed by atoms with Crippen LogP contribution >= 0.6 is 34.5 Å². The highest BCUT2D eigenvalue weighted by Crippen LogP contribution is 2.37. The van der Waals surface area contributed by atoms with E-state index in [9.17, 15) is 14.4 Å². The summed E-state index contributed by atoms with van der Waals surface area (Å²) in [6, 6.07) is 3.81. The molecule has 1 aliphatic heterocycles. The number of fused-ring (bicyclic) bond motifs is 1. The number of benzene rings is 1. The summed E-state index contributed by atoms with van der Waals surface area (Å²) in [6.45, 7) is 2.53. The molecule has 2 heterocycles. The normalized spacial score (nSPS) is 16.2. The molecule has 0 spiro atoms. The summed E-state index contributed by atoms with van der Waals surface area (Å²) in [4.78, 5) is 37.1. The van der Waals surface area contributed by atoms with Gasteiger partial charge in [0.15, 0.2) is 0 Å². The largest absolute Gasteiger partial charge is 0.481 e. The number of nitrogens with zero attached hydrogens (tertiary/aromatic N) is 1. The van der Waals surface area contributed by atoms with Crippen LogP contribution in [-0.4, -0.2) is 46.9 Å². The van der Waals surface area contributed by atoms with Crippen LogP contribution in [-0.2, 0) is 14.4 Å². The van der Waals surface area contributed by atoms with Crippen LogP contribution in [0.1, 0.15) is 31.7 Å². The van der Waals surface area contributed by atoms with Gasteiger partial charge in [0.2, 0.25) is 11.8 Å². The maximum absolute atomic E-state index is 12.5. The van der Waals surface area contributed by atoms with Crippen molar-refractivity contribution in [1.82, 2.24) is 10.2 Å². The zero-order valence-electron chi connectivity index (χ0n) is 16.4. The second kappa shape index (κ2) is 9.81. The zero-order valence-corrected chi connectivity index (χ0v) is 18.7. The molecule has 0 bridgehead atoms. The second-order valence-corrected chi connectivity index (χ2v) is 9.05. The molecule has 1 aromatic carbocycles. The van der Waals surface area contributed by atoms with Gasteiger partial charge in [-0.3, -0.25) is 14.4 Å². The number of nitrogens with one attached hydrogen (secondary N) is 1. The van der Waals surface area contributed by atoms with Gasteiger partial charge >= 0.3 is 5.97 Å². The fraction of sp³-hybridized carbons (Fsp3) is 0.381. The Morgan fingerprint density at radius 1 is 1.30 bits per heavy atom. The number of likely N-dealkylation sites (tertiary alicyclic amines) is 1. The highest BCUT2D eigenvalue weighted by Gasteiger charge is 2.24. The van der Waals surface area contributed by atoms with Crippen molar-refractivity contribution in [3.05, 3.63) is 39.2 Å². The minimum absolute atomic E-state index is 0.0466. The number of carboxylic acids is 1.